The van der Waals surface area contributed by atoms with E-state index in [1.165, 1.54) is 40.1 Å². The minimum absolute atomic E-state index is 0.136. The number of thioether (sulfide) groups is 2. The lowest BCUT2D eigenvalue weighted by Gasteiger charge is -2.41. The lowest BCUT2D eigenvalue weighted by molar-refractivity contribution is 0.0767. The minimum Gasteiger partial charge on any atom is -0.465 e. The largest absolute Gasteiger partial charge is 0.465 e. The van der Waals surface area contributed by atoms with E-state index in [0.717, 1.165) is 76.4 Å². The Morgan fingerprint density at radius 3 is 2.02 bits per heavy atom. The molecule has 0 bridgehead atoms. The van der Waals surface area contributed by atoms with Gasteiger partial charge >= 0.3 is 12.2 Å². The van der Waals surface area contributed by atoms with E-state index in [1.807, 2.05) is 67.1 Å². The second kappa shape index (κ2) is 21.3. The molecule has 2 unspecified atom stereocenters. The van der Waals surface area contributed by atoms with Crippen LogP contribution in [0.25, 0.3) is 10.8 Å². The summed E-state index contributed by atoms with van der Waals surface area (Å²) in [5, 5.41) is 34.4. The predicted octanol–water partition coefficient (Wildman–Crippen LogP) is 6.72. The van der Waals surface area contributed by atoms with Gasteiger partial charge < -0.3 is 39.7 Å². The van der Waals surface area contributed by atoms with Gasteiger partial charge in [-0.2, -0.15) is 10.5 Å². The number of hydrogen-bond donors (Lipinski definition) is 2. The van der Waals surface area contributed by atoms with Crippen molar-refractivity contribution in [2.24, 2.45) is 0 Å². The monoisotopic (exact) mass is 930 g/mol. The van der Waals surface area contributed by atoms with Crippen LogP contribution in [0.15, 0.2) is 77.0 Å². The fraction of sp³-hybridized carbons (Fsp3) is 0.404. The standard InChI is InChI=1S/C25H25FN6O2S.C22H26N6O2S/c1-35-24-28-21-15-30(22-7-6-20(26)17-4-2-3-5-18(17)22)11-9-19(21)23(29-24)31-12-13-32(25(33)34)16(14-31)8-10-27;1-31-21-25-19-13-24-10-8-18(19)20(26-21)27-11-12-28(17(14-27)7-9-23)22(29)30-15-16-5-3-2-4-6-16/h2-7,16H,8-9,11-15H2,1H3,(H,33,34);2-6,17,24H,7-8,10-15H2,1H3. The zero-order valence-corrected chi connectivity index (χ0v) is 38.5. The van der Waals surface area contributed by atoms with Crippen LogP contribution >= 0.6 is 23.5 Å². The zero-order chi connectivity index (χ0) is 46.2. The molecule has 0 spiro atoms. The molecule has 6 heterocycles. The summed E-state index contributed by atoms with van der Waals surface area (Å²) in [5.74, 6) is 1.54. The van der Waals surface area contributed by atoms with Gasteiger partial charge in [0.15, 0.2) is 10.3 Å². The SMILES string of the molecule is CSc1nc2c(c(N3CCN(C(=O)O)C(CC#N)C3)n1)CCN(c1ccc(F)c3ccccc13)C2.CSc1nc2c(c(N3CCN(C(=O)OCc4ccccc4)C(CC#N)C3)n1)CCNC2. The van der Waals surface area contributed by atoms with Crippen LogP contribution in [0, 0.1) is 28.5 Å². The van der Waals surface area contributed by atoms with E-state index in [9.17, 15) is 29.6 Å². The van der Waals surface area contributed by atoms with Crippen molar-refractivity contribution in [1.82, 2.24) is 35.1 Å². The average Bonchev–Trinajstić information content (AvgIpc) is 3.35. The predicted molar refractivity (Wildman–Crippen MR) is 252 cm³/mol. The number of benzene rings is 3. The molecule has 5 aromatic rings. The molecule has 0 saturated carbocycles. The number of amides is 2. The van der Waals surface area contributed by atoms with Gasteiger partial charge in [-0.25, -0.2) is 33.9 Å². The molecule has 342 valence electrons. The fourth-order valence-electron chi connectivity index (χ4n) is 9.09. The van der Waals surface area contributed by atoms with Crippen molar-refractivity contribution in [3.63, 3.8) is 0 Å². The molecular weight excluding hydrogens is 880 g/mol. The first kappa shape index (κ1) is 46.1. The fourth-order valence-corrected chi connectivity index (χ4v) is 9.85. The molecule has 3 aromatic carbocycles. The van der Waals surface area contributed by atoms with Gasteiger partial charge in [-0.05, 0) is 49.6 Å². The number of aromatic nitrogens is 4. The molecule has 4 aliphatic rings. The molecule has 2 amide bonds. The Labute approximate surface area is 391 Å². The van der Waals surface area contributed by atoms with Crippen molar-refractivity contribution < 1.29 is 23.8 Å². The molecular formula is C47H51FN12O4S2. The highest BCUT2D eigenvalue weighted by molar-refractivity contribution is 7.98. The molecule has 2 N–H and O–H groups in total. The second-order valence-electron chi connectivity index (χ2n) is 16.3. The summed E-state index contributed by atoms with van der Waals surface area (Å²) < 4.78 is 19.9. The van der Waals surface area contributed by atoms with Gasteiger partial charge in [-0.15, -0.1) is 0 Å². The number of carboxylic acid groups (broad SMARTS) is 1. The Bertz CT molecular complexity index is 2650. The van der Waals surface area contributed by atoms with Crippen LogP contribution < -0.4 is 20.0 Å². The second-order valence-corrected chi connectivity index (χ2v) is 17.8. The molecule has 19 heteroatoms. The van der Waals surface area contributed by atoms with Crippen molar-refractivity contribution in [1.29, 1.82) is 10.5 Å². The highest BCUT2D eigenvalue weighted by atomic mass is 32.2. The summed E-state index contributed by atoms with van der Waals surface area (Å²) in [6.07, 6.45) is 4.51. The van der Waals surface area contributed by atoms with E-state index < -0.39 is 12.1 Å². The number of nitrogens with one attached hydrogen (secondary N) is 1. The number of anilines is 3. The summed E-state index contributed by atoms with van der Waals surface area (Å²) in [6, 6.07) is 24.2. The van der Waals surface area contributed by atoms with Gasteiger partial charge in [-0.3, -0.25) is 0 Å². The Kier molecular flexibility index (Phi) is 14.9. The highest BCUT2D eigenvalue weighted by Gasteiger charge is 2.35. The molecule has 4 aliphatic heterocycles. The third-order valence-electron chi connectivity index (χ3n) is 12.4. The first-order chi connectivity index (χ1) is 32.2. The summed E-state index contributed by atoms with van der Waals surface area (Å²) in [7, 11) is 0. The number of rotatable bonds is 9. The molecule has 16 nitrogen and oxygen atoms in total. The third kappa shape index (κ3) is 10.2. The van der Waals surface area contributed by atoms with Crippen molar-refractivity contribution in [3.8, 4) is 12.1 Å². The summed E-state index contributed by atoms with van der Waals surface area (Å²) in [4.78, 5) is 53.1. The number of piperazine rings is 2. The molecule has 66 heavy (non-hydrogen) atoms. The normalized spacial score (nSPS) is 18.0. The summed E-state index contributed by atoms with van der Waals surface area (Å²) in [6.45, 7) is 6.12. The van der Waals surface area contributed by atoms with Crippen LogP contribution in [0.1, 0.15) is 40.9 Å². The van der Waals surface area contributed by atoms with E-state index in [1.54, 1.807) is 11.0 Å². The Balaban J connectivity index is 0.000000181. The Morgan fingerprint density at radius 2 is 1.36 bits per heavy atom. The van der Waals surface area contributed by atoms with Crippen LogP contribution in [0.2, 0.25) is 0 Å². The van der Waals surface area contributed by atoms with Gasteiger partial charge in [0.05, 0.1) is 55.0 Å². The average molecular weight is 931 g/mol. The quantitative estimate of drug-likeness (QED) is 0.117. The lowest BCUT2D eigenvalue weighted by Crippen LogP contribution is -2.55. The van der Waals surface area contributed by atoms with E-state index in [-0.39, 0.29) is 37.4 Å². The van der Waals surface area contributed by atoms with Crippen molar-refractivity contribution in [2.45, 2.75) is 67.8 Å². The van der Waals surface area contributed by atoms with Crippen LogP contribution in [-0.2, 0) is 37.3 Å². The van der Waals surface area contributed by atoms with Gasteiger partial charge in [0.1, 0.15) is 24.1 Å². The maximum Gasteiger partial charge on any atom is 0.410 e. The van der Waals surface area contributed by atoms with Gasteiger partial charge in [-0.1, -0.05) is 78.1 Å². The number of carbonyl (C=O) groups is 2. The molecule has 2 saturated heterocycles. The number of nitrogens with zero attached hydrogens (tertiary/aromatic N) is 11. The molecule has 2 atom stereocenters. The maximum atomic E-state index is 14.4. The summed E-state index contributed by atoms with van der Waals surface area (Å²) in [5.41, 5.74) is 6.12. The van der Waals surface area contributed by atoms with E-state index in [2.05, 4.69) is 37.1 Å². The van der Waals surface area contributed by atoms with Crippen molar-refractivity contribution >= 4 is 63.8 Å². The Hall–Kier alpha value is -6.41. The minimum atomic E-state index is -0.999. The van der Waals surface area contributed by atoms with Crippen LogP contribution in [0.3, 0.4) is 0 Å². The van der Waals surface area contributed by atoms with Gasteiger partial charge in [0.25, 0.3) is 0 Å². The number of fused-ring (bicyclic) bond motifs is 3. The lowest BCUT2D eigenvalue weighted by atomic mass is 10.0. The molecule has 2 aromatic heterocycles. The number of ether oxygens (including phenoxy) is 1. The maximum absolute atomic E-state index is 14.4. The van der Waals surface area contributed by atoms with Gasteiger partial charge in [0, 0.05) is 79.9 Å². The number of nitriles is 2. The van der Waals surface area contributed by atoms with E-state index in [0.29, 0.717) is 62.8 Å². The topological polar surface area (TPSA) is 191 Å². The number of hydrogen-bond acceptors (Lipinski definition) is 15. The third-order valence-corrected chi connectivity index (χ3v) is 13.5. The van der Waals surface area contributed by atoms with E-state index >= 15 is 0 Å². The molecule has 0 radical (unpaired) electrons. The smallest absolute Gasteiger partial charge is 0.410 e. The molecule has 9 rings (SSSR count). The van der Waals surface area contributed by atoms with E-state index in [4.69, 9.17) is 19.7 Å². The summed E-state index contributed by atoms with van der Waals surface area (Å²) >= 11 is 2.99. The van der Waals surface area contributed by atoms with Gasteiger partial charge in [0.2, 0.25) is 0 Å². The first-order valence-electron chi connectivity index (χ1n) is 21.9. The number of halogens is 1. The van der Waals surface area contributed by atoms with Crippen LogP contribution in [0.5, 0.6) is 0 Å². The van der Waals surface area contributed by atoms with Crippen LogP contribution in [-0.4, -0.2) is 124 Å². The highest BCUT2D eigenvalue weighted by Crippen LogP contribution is 2.36. The number of carbonyl (C=O) groups excluding carboxylic acids is 1. The Morgan fingerprint density at radius 1 is 0.758 bits per heavy atom. The molecule has 0 aliphatic carbocycles. The van der Waals surface area contributed by atoms with Crippen LogP contribution in [0.4, 0.5) is 31.3 Å². The zero-order valence-electron chi connectivity index (χ0n) is 36.9. The van der Waals surface area contributed by atoms with Crippen molar-refractivity contribution in [3.05, 3.63) is 101 Å². The first-order valence-corrected chi connectivity index (χ1v) is 24.4. The van der Waals surface area contributed by atoms with Crippen molar-refractivity contribution in [2.75, 3.05) is 79.6 Å². The molecule has 2 fully saturated rings.